The van der Waals surface area contributed by atoms with Gasteiger partial charge < -0.3 is 25.2 Å². The molecule has 0 saturated heterocycles. The van der Waals surface area contributed by atoms with Crippen LogP contribution in [0.25, 0.3) is 11.1 Å². The third kappa shape index (κ3) is 5.66. The Morgan fingerprint density at radius 1 is 1.00 bits per heavy atom. The number of benzene rings is 2. The number of nitrogens with one attached hydrogen (secondary N) is 2. The Balaban J connectivity index is 1.44. The van der Waals surface area contributed by atoms with Crippen LogP contribution in [0.1, 0.15) is 29.9 Å². The molecule has 0 aromatic heterocycles. The van der Waals surface area contributed by atoms with Crippen LogP contribution in [0.3, 0.4) is 0 Å². The second kappa shape index (κ2) is 11.0. The van der Waals surface area contributed by atoms with E-state index in [4.69, 9.17) is 9.47 Å². The lowest BCUT2D eigenvalue weighted by Crippen LogP contribution is -2.41. The van der Waals surface area contributed by atoms with Crippen LogP contribution < -0.4 is 10.6 Å². The summed E-state index contributed by atoms with van der Waals surface area (Å²) in [5, 5.41) is 14.1. The first kappa shape index (κ1) is 22.9. The summed E-state index contributed by atoms with van der Waals surface area (Å²) in [6.07, 6.45) is 0.442. The van der Waals surface area contributed by atoms with E-state index in [-0.39, 0.29) is 32.1 Å². The minimum atomic E-state index is -1.18. The Kier molecular flexibility index (Phi) is 7.85. The number of carbonyl (C=O) groups is 3. The molecule has 0 spiro atoms. The first-order valence-corrected chi connectivity index (χ1v) is 10.4. The summed E-state index contributed by atoms with van der Waals surface area (Å²) in [5.41, 5.74) is 4.55. The van der Waals surface area contributed by atoms with Crippen molar-refractivity contribution in [3.63, 3.8) is 0 Å². The molecule has 32 heavy (non-hydrogen) atoms. The number of hydrogen-bond donors (Lipinski definition) is 3. The minimum absolute atomic E-state index is 0.0124. The normalized spacial score (nSPS) is 12.8. The smallest absolute Gasteiger partial charge is 0.408 e. The number of carboxylic acids is 1. The van der Waals surface area contributed by atoms with Crippen molar-refractivity contribution in [3.8, 4) is 11.1 Å². The van der Waals surface area contributed by atoms with Crippen molar-refractivity contribution in [2.75, 3.05) is 19.8 Å². The third-order valence-corrected chi connectivity index (χ3v) is 5.21. The fraction of sp³-hybridized carbons (Fsp3) is 0.292. The van der Waals surface area contributed by atoms with Crippen LogP contribution in [0.2, 0.25) is 0 Å². The van der Waals surface area contributed by atoms with Gasteiger partial charge in [-0.25, -0.2) is 14.4 Å². The van der Waals surface area contributed by atoms with E-state index in [2.05, 4.69) is 29.3 Å². The number of ether oxygens (including phenoxy) is 2. The number of alkyl carbamates (subject to hydrolysis) is 2. The SMILES string of the molecule is C=CCOC(=O)N[C@@H](CCCNC(=O)OCC1c2ccccc2-c2ccccc21)C(=O)O. The fourth-order valence-electron chi connectivity index (χ4n) is 3.72. The average molecular weight is 438 g/mol. The summed E-state index contributed by atoms with van der Waals surface area (Å²) in [6.45, 7) is 3.82. The monoisotopic (exact) mass is 438 g/mol. The van der Waals surface area contributed by atoms with Gasteiger partial charge >= 0.3 is 18.2 Å². The molecular weight excluding hydrogens is 412 g/mol. The van der Waals surface area contributed by atoms with Gasteiger partial charge in [0, 0.05) is 12.5 Å². The van der Waals surface area contributed by atoms with E-state index >= 15 is 0 Å². The van der Waals surface area contributed by atoms with Crippen molar-refractivity contribution in [1.29, 1.82) is 0 Å². The summed E-state index contributed by atoms with van der Waals surface area (Å²) in [7, 11) is 0. The quantitative estimate of drug-likeness (QED) is 0.385. The second-order valence-corrected chi connectivity index (χ2v) is 7.32. The van der Waals surface area contributed by atoms with Crippen LogP contribution in [0, 0.1) is 0 Å². The maximum Gasteiger partial charge on any atom is 0.408 e. The molecule has 3 rings (SSSR count). The lowest BCUT2D eigenvalue weighted by Gasteiger charge is -2.16. The summed E-state index contributed by atoms with van der Waals surface area (Å²) in [6, 6.07) is 15.0. The van der Waals surface area contributed by atoms with Gasteiger partial charge in [-0.05, 0) is 35.1 Å². The van der Waals surface area contributed by atoms with E-state index in [1.807, 2.05) is 36.4 Å². The highest BCUT2D eigenvalue weighted by Gasteiger charge is 2.29. The molecule has 0 unspecified atom stereocenters. The Bertz CT molecular complexity index is 944. The summed E-state index contributed by atoms with van der Waals surface area (Å²) < 4.78 is 10.2. The zero-order chi connectivity index (χ0) is 22.9. The number of carbonyl (C=O) groups excluding carboxylic acids is 2. The number of fused-ring (bicyclic) bond motifs is 3. The summed E-state index contributed by atoms with van der Waals surface area (Å²) >= 11 is 0. The Labute approximate surface area is 186 Å². The predicted octanol–water partition coefficient (Wildman–Crippen LogP) is 3.67. The molecule has 0 heterocycles. The minimum Gasteiger partial charge on any atom is -0.480 e. The molecule has 0 aliphatic heterocycles. The molecule has 1 atom stereocenters. The fourth-order valence-corrected chi connectivity index (χ4v) is 3.72. The molecule has 2 aromatic rings. The summed E-state index contributed by atoms with van der Waals surface area (Å²) in [4.78, 5) is 34.9. The van der Waals surface area contributed by atoms with Crippen molar-refractivity contribution in [1.82, 2.24) is 10.6 Å². The maximum absolute atomic E-state index is 12.1. The first-order chi connectivity index (χ1) is 15.5. The molecule has 1 aliphatic rings. The highest BCUT2D eigenvalue weighted by Crippen LogP contribution is 2.44. The molecule has 0 radical (unpaired) electrons. The van der Waals surface area contributed by atoms with Crippen LogP contribution in [-0.2, 0) is 14.3 Å². The van der Waals surface area contributed by atoms with Crippen LogP contribution >= 0.6 is 0 Å². The number of hydrogen-bond acceptors (Lipinski definition) is 5. The van der Waals surface area contributed by atoms with Crippen LogP contribution in [0.15, 0.2) is 61.2 Å². The van der Waals surface area contributed by atoms with Gasteiger partial charge in [-0.2, -0.15) is 0 Å². The Morgan fingerprint density at radius 3 is 2.22 bits per heavy atom. The number of rotatable bonds is 10. The van der Waals surface area contributed by atoms with Gasteiger partial charge in [0.2, 0.25) is 0 Å². The largest absolute Gasteiger partial charge is 0.480 e. The lowest BCUT2D eigenvalue weighted by molar-refractivity contribution is -0.139. The van der Waals surface area contributed by atoms with E-state index in [0.29, 0.717) is 6.42 Å². The summed E-state index contributed by atoms with van der Waals surface area (Å²) in [5.74, 6) is -1.21. The topological polar surface area (TPSA) is 114 Å². The molecule has 168 valence electrons. The highest BCUT2D eigenvalue weighted by molar-refractivity contribution is 5.80. The first-order valence-electron chi connectivity index (χ1n) is 10.4. The van der Waals surface area contributed by atoms with Crippen LogP contribution in [0.4, 0.5) is 9.59 Å². The molecule has 2 amide bonds. The van der Waals surface area contributed by atoms with Gasteiger partial charge in [0.25, 0.3) is 0 Å². The molecule has 2 aromatic carbocycles. The number of carboxylic acid groups (broad SMARTS) is 1. The van der Waals surface area contributed by atoms with Gasteiger partial charge in [0.05, 0.1) is 0 Å². The molecule has 0 saturated carbocycles. The zero-order valence-electron chi connectivity index (χ0n) is 17.6. The van der Waals surface area contributed by atoms with Crippen molar-refractivity contribution < 1.29 is 29.0 Å². The second-order valence-electron chi connectivity index (χ2n) is 7.32. The van der Waals surface area contributed by atoms with Crippen molar-refractivity contribution >= 4 is 18.2 Å². The van der Waals surface area contributed by atoms with Gasteiger partial charge in [0.1, 0.15) is 19.3 Å². The van der Waals surface area contributed by atoms with Gasteiger partial charge in [-0.15, -0.1) is 0 Å². The van der Waals surface area contributed by atoms with Gasteiger partial charge in [0.15, 0.2) is 0 Å². The highest BCUT2D eigenvalue weighted by atomic mass is 16.6. The molecule has 8 heteroatoms. The average Bonchev–Trinajstić information content (AvgIpc) is 3.12. The third-order valence-electron chi connectivity index (χ3n) is 5.21. The molecule has 8 nitrogen and oxygen atoms in total. The molecular formula is C24H26N2O6. The maximum atomic E-state index is 12.1. The number of amides is 2. The zero-order valence-corrected chi connectivity index (χ0v) is 17.6. The van der Waals surface area contributed by atoms with E-state index in [1.54, 1.807) is 0 Å². The van der Waals surface area contributed by atoms with Crippen molar-refractivity contribution in [2.24, 2.45) is 0 Å². The van der Waals surface area contributed by atoms with Gasteiger partial charge in [-0.1, -0.05) is 61.2 Å². The lowest BCUT2D eigenvalue weighted by atomic mass is 9.98. The van der Waals surface area contributed by atoms with Crippen molar-refractivity contribution in [3.05, 3.63) is 72.3 Å². The van der Waals surface area contributed by atoms with E-state index in [9.17, 15) is 19.5 Å². The van der Waals surface area contributed by atoms with Crippen LogP contribution in [0.5, 0.6) is 0 Å². The predicted molar refractivity (Wildman–Crippen MR) is 118 cm³/mol. The van der Waals surface area contributed by atoms with Crippen LogP contribution in [-0.4, -0.2) is 49.1 Å². The molecule has 0 bridgehead atoms. The van der Waals surface area contributed by atoms with E-state index in [0.717, 1.165) is 22.3 Å². The molecule has 1 aliphatic carbocycles. The molecule has 0 fully saturated rings. The Morgan fingerprint density at radius 2 is 1.62 bits per heavy atom. The Hall–Kier alpha value is -3.81. The molecule has 3 N–H and O–H groups in total. The number of aliphatic carboxylic acids is 1. The van der Waals surface area contributed by atoms with E-state index < -0.39 is 24.2 Å². The van der Waals surface area contributed by atoms with Gasteiger partial charge in [-0.3, -0.25) is 0 Å². The van der Waals surface area contributed by atoms with Crippen molar-refractivity contribution in [2.45, 2.75) is 24.8 Å². The van der Waals surface area contributed by atoms with E-state index in [1.165, 1.54) is 6.08 Å². The standard InChI is InChI=1S/C24H26N2O6/c1-2-14-31-24(30)26-21(22(27)28)12-7-13-25-23(29)32-15-20-18-10-5-3-8-16(18)17-9-4-6-11-19(17)20/h2-6,8-11,20-21H,1,7,12-15H2,(H,25,29)(H,26,30)(H,27,28)/t21-/m0/s1.